The van der Waals surface area contributed by atoms with Crippen LogP contribution in [0.2, 0.25) is 5.02 Å². The number of carbonyl (C=O) groups is 1. The minimum atomic E-state index is -0.0666. The minimum absolute atomic E-state index is 0.0666. The molecule has 12 heavy (non-hydrogen) atoms. The summed E-state index contributed by atoms with van der Waals surface area (Å²) in [4.78, 5) is 10.5. The summed E-state index contributed by atoms with van der Waals surface area (Å²) >= 11 is 5.90. The molecule has 2 heteroatoms. The minimum Gasteiger partial charge on any atom is -0.303 e. The molecular weight excluding hydrogens is 172 g/mol. The Morgan fingerprint density at radius 2 is 2.17 bits per heavy atom. The van der Waals surface area contributed by atoms with Gasteiger partial charge in [0.25, 0.3) is 0 Å². The van der Waals surface area contributed by atoms with E-state index in [1.165, 1.54) is 0 Å². The quantitative estimate of drug-likeness (QED) is 0.643. The molecule has 1 nitrogen and oxygen atoms in total. The van der Waals surface area contributed by atoms with Crippen molar-refractivity contribution in [1.82, 2.24) is 0 Å². The molecule has 1 aromatic rings. The third kappa shape index (κ3) is 1.86. The number of aryl methyl sites for hydroxylation is 1. The summed E-state index contributed by atoms with van der Waals surface area (Å²) in [5.74, 6) is -0.0666. The third-order valence-corrected chi connectivity index (χ3v) is 2.33. The Bertz CT molecular complexity index is 294. The van der Waals surface area contributed by atoms with Gasteiger partial charge in [0, 0.05) is 10.9 Å². The maximum absolute atomic E-state index is 10.5. The Balaban J connectivity index is 3.04. The number of hydrogen-bond acceptors (Lipinski definition) is 1. The Morgan fingerprint density at radius 3 is 2.67 bits per heavy atom. The fourth-order valence-electron chi connectivity index (χ4n) is 0.971. The highest BCUT2D eigenvalue weighted by Crippen LogP contribution is 2.21. The molecule has 1 atom stereocenters. The van der Waals surface area contributed by atoms with Crippen LogP contribution in [-0.2, 0) is 4.79 Å². The second-order valence-corrected chi connectivity index (χ2v) is 3.34. The predicted octanol–water partition coefficient (Wildman–Crippen LogP) is 2.95. The highest BCUT2D eigenvalue weighted by molar-refractivity contribution is 6.31. The summed E-state index contributed by atoms with van der Waals surface area (Å²) in [6.07, 6.45) is 0.918. The van der Waals surface area contributed by atoms with E-state index in [0.29, 0.717) is 0 Å². The number of benzene rings is 1. The fourth-order valence-corrected chi connectivity index (χ4v) is 1.16. The zero-order chi connectivity index (χ0) is 9.14. The molecule has 0 aliphatic heterocycles. The molecule has 0 amide bonds. The maximum atomic E-state index is 10.5. The first-order valence-electron chi connectivity index (χ1n) is 3.86. The number of hydrogen-bond donors (Lipinski definition) is 0. The Labute approximate surface area is 77.4 Å². The van der Waals surface area contributed by atoms with Gasteiger partial charge in [-0.05, 0) is 24.1 Å². The highest BCUT2D eigenvalue weighted by atomic mass is 35.5. The standard InChI is InChI=1S/C10H11ClO/c1-7-3-4-9(5-10(7)11)8(2)6-12/h3-6,8H,1-2H3. The highest BCUT2D eigenvalue weighted by Gasteiger charge is 2.04. The zero-order valence-electron chi connectivity index (χ0n) is 7.17. The van der Waals surface area contributed by atoms with E-state index in [9.17, 15) is 4.79 Å². The first-order chi connectivity index (χ1) is 5.65. The molecule has 0 saturated carbocycles. The van der Waals surface area contributed by atoms with Crippen LogP contribution in [0.3, 0.4) is 0 Å². The Hall–Kier alpha value is -0.820. The lowest BCUT2D eigenvalue weighted by Gasteiger charge is -2.05. The van der Waals surface area contributed by atoms with E-state index in [2.05, 4.69) is 0 Å². The second kappa shape index (κ2) is 3.72. The third-order valence-electron chi connectivity index (χ3n) is 1.93. The summed E-state index contributed by atoms with van der Waals surface area (Å²) in [5.41, 5.74) is 2.01. The van der Waals surface area contributed by atoms with E-state index < -0.39 is 0 Å². The van der Waals surface area contributed by atoms with E-state index in [4.69, 9.17) is 11.6 Å². The molecule has 0 aliphatic rings. The molecule has 0 saturated heterocycles. The molecule has 64 valence electrons. The molecule has 0 radical (unpaired) electrons. The van der Waals surface area contributed by atoms with E-state index in [1.54, 1.807) is 0 Å². The number of aldehydes is 1. The van der Waals surface area contributed by atoms with Gasteiger partial charge in [-0.3, -0.25) is 0 Å². The van der Waals surface area contributed by atoms with Crippen LogP contribution in [0.15, 0.2) is 18.2 Å². The van der Waals surface area contributed by atoms with Crippen molar-refractivity contribution < 1.29 is 4.79 Å². The first kappa shape index (κ1) is 9.27. The lowest BCUT2D eigenvalue weighted by molar-refractivity contribution is -0.108. The Morgan fingerprint density at radius 1 is 1.50 bits per heavy atom. The van der Waals surface area contributed by atoms with Crippen molar-refractivity contribution in [2.75, 3.05) is 0 Å². The van der Waals surface area contributed by atoms with Crippen LogP contribution in [-0.4, -0.2) is 6.29 Å². The van der Waals surface area contributed by atoms with Gasteiger partial charge in [-0.25, -0.2) is 0 Å². The van der Waals surface area contributed by atoms with Gasteiger partial charge in [0.1, 0.15) is 6.29 Å². The molecule has 0 aliphatic carbocycles. The van der Waals surface area contributed by atoms with Crippen molar-refractivity contribution >= 4 is 17.9 Å². The van der Waals surface area contributed by atoms with Gasteiger partial charge in [0.15, 0.2) is 0 Å². The van der Waals surface area contributed by atoms with Crippen molar-refractivity contribution in [1.29, 1.82) is 0 Å². The molecule has 0 aromatic heterocycles. The summed E-state index contributed by atoms with van der Waals surface area (Å²) in [6.45, 7) is 3.80. The van der Waals surface area contributed by atoms with Gasteiger partial charge >= 0.3 is 0 Å². The van der Waals surface area contributed by atoms with Gasteiger partial charge in [0.2, 0.25) is 0 Å². The van der Waals surface area contributed by atoms with Gasteiger partial charge < -0.3 is 4.79 Å². The van der Waals surface area contributed by atoms with Crippen molar-refractivity contribution in [3.63, 3.8) is 0 Å². The van der Waals surface area contributed by atoms with Crippen LogP contribution in [0.1, 0.15) is 24.0 Å². The summed E-state index contributed by atoms with van der Waals surface area (Å²) in [7, 11) is 0. The monoisotopic (exact) mass is 182 g/mol. The van der Waals surface area contributed by atoms with Crippen molar-refractivity contribution in [3.05, 3.63) is 34.3 Å². The van der Waals surface area contributed by atoms with Crippen molar-refractivity contribution in [2.45, 2.75) is 19.8 Å². The largest absolute Gasteiger partial charge is 0.303 e. The van der Waals surface area contributed by atoms with Gasteiger partial charge in [-0.1, -0.05) is 30.7 Å². The van der Waals surface area contributed by atoms with Crippen LogP contribution in [0.25, 0.3) is 0 Å². The second-order valence-electron chi connectivity index (χ2n) is 2.93. The van der Waals surface area contributed by atoms with Crippen LogP contribution < -0.4 is 0 Å². The normalized spacial score (nSPS) is 12.6. The molecule has 0 bridgehead atoms. The van der Waals surface area contributed by atoms with Gasteiger partial charge in [0.05, 0.1) is 0 Å². The lowest BCUT2D eigenvalue weighted by Crippen LogP contribution is -1.94. The molecule has 0 heterocycles. The van der Waals surface area contributed by atoms with Gasteiger partial charge in [-0.15, -0.1) is 0 Å². The number of halogens is 1. The number of rotatable bonds is 2. The van der Waals surface area contributed by atoms with Crippen LogP contribution in [0, 0.1) is 6.92 Å². The summed E-state index contributed by atoms with van der Waals surface area (Å²) < 4.78 is 0. The van der Waals surface area contributed by atoms with E-state index in [0.717, 1.165) is 22.4 Å². The SMILES string of the molecule is Cc1ccc(C(C)C=O)cc1Cl. The molecule has 1 rings (SSSR count). The fraction of sp³-hybridized carbons (Fsp3) is 0.300. The van der Waals surface area contributed by atoms with Crippen molar-refractivity contribution in [3.8, 4) is 0 Å². The average molecular weight is 183 g/mol. The molecule has 0 fully saturated rings. The van der Waals surface area contributed by atoms with Crippen LogP contribution in [0.5, 0.6) is 0 Å². The van der Waals surface area contributed by atoms with Gasteiger partial charge in [-0.2, -0.15) is 0 Å². The molecular formula is C10H11ClO. The molecule has 1 aromatic carbocycles. The summed E-state index contributed by atoms with van der Waals surface area (Å²) in [6, 6.07) is 5.70. The molecule has 1 unspecified atom stereocenters. The Kier molecular flexibility index (Phi) is 2.88. The molecule has 0 spiro atoms. The van der Waals surface area contributed by atoms with Crippen LogP contribution in [0.4, 0.5) is 0 Å². The van der Waals surface area contributed by atoms with Crippen molar-refractivity contribution in [2.24, 2.45) is 0 Å². The topological polar surface area (TPSA) is 17.1 Å². The average Bonchev–Trinajstić information content (AvgIpc) is 2.08. The first-order valence-corrected chi connectivity index (χ1v) is 4.24. The molecule has 0 N–H and O–H groups in total. The smallest absolute Gasteiger partial charge is 0.127 e. The predicted molar refractivity (Wildman–Crippen MR) is 50.7 cm³/mol. The maximum Gasteiger partial charge on any atom is 0.127 e. The zero-order valence-corrected chi connectivity index (χ0v) is 7.93. The summed E-state index contributed by atoms with van der Waals surface area (Å²) in [5, 5.41) is 0.723. The van der Waals surface area contributed by atoms with E-state index in [1.807, 2.05) is 32.0 Å². The van der Waals surface area contributed by atoms with E-state index in [-0.39, 0.29) is 5.92 Å². The van der Waals surface area contributed by atoms with E-state index >= 15 is 0 Å². The number of carbonyl (C=O) groups excluding carboxylic acids is 1. The lowest BCUT2D eigenvalue weighted by atomic mass is 10.0. The van der Waals surface area contributed by atoms with Crippen LogP contribution >= 0.6 is 11.6 Å².